The summed E-state index contributed by atoms with van der Waals surface area (Å²) in [6, 6.07) is 9.97. The number of rotatable bonds is 6. The van der Waals surface area contributed by atoms with Crippen LogP contribution in [0.3, 0.4) is 0 Å². The minimum absolute atomic E-state index is 0. The smallest absolute Gasteiger partial charge is 0.138 e. The van der Waals surface area contributed by atoms with E-state index in [0.29, 0.717) is 6.61 Å². The number of hydrogen-bond acceptors (Lipinski definition) is 4. The zero-order chi connectivity index (χ0) is 14.7. The van der Waals surface area contributed by atoms with E-state index >= 15 is 0 Å². The summed E-state index contributed by atoms with van der Waals surface area (Å²) in [7, 11) is 3.66. The molecule has 0 bridgehead atoms. The first kappa shape index (κ1) is 19.6. The van der Waals surface area contributed by atoms with Gasteiger partial charge >= 0.3 is 0 Å². The van der Waals surface area contributed by atoms with E-state index in [4.69, 9.17) is 9.47 Å². The topological polar surface area (TPSA) is 43.4 Å². The predicted molar refractivity (Wildman–Crippen MR) is 97.2 cm³/mol. The number of hydrogen-bond donors (Lipinski definition) is 1. The lowest BCUT2D eigenvalue weighted by Gasteiger charge is -2.15. The van der Waals surface area contributed by atoms with Crippen molar-refractivity contribution in [3.05, 3.63) is 42.7 Å². The number of nitrogens with one attached hydrogen (secondary N) is 1. The van der Waals surface area contributed by atoms with Gasteiger partial charge in [-0.2, -0.15) is 0 Å². The molecule has 1 fully saturated rings. The predicted octanol–water partition coefficient (Wildman–Crippen LogP) is 3.73. The van der Waals surface area contributed by atoms with Crippen molar-refractivity contribution in [1.82, 2.24) is 10.3 Å². The molecule has 0 amide bonds. The summed E-state index contributed by atoms with van der Waals surface area (Å²) in [4.78, 5) is 4.27. The Kier molecular flexibility index (Phi) is 7.13. The average molecular weight is 357 g/mol. The first-order chi connectivity index (χ1) is 10.2. The quantitative estimate of drug-likeness (QED) is 0.856. The van der Waals surface area contributed by atoms with Gasteiger partial charge in [0.15, 0.2) is 0 Å². The number of likely N-dealkylation sites (N-methyl/N-ethyl adjacent to an activating group) is 1. The normalized spacial score (nSPS) is 14.2. The Bertz CT molecular complexity index is 616. The van der Waals surface area contributed by atoms with Crippen molar-refractivity contribution in [2.45, 2.75) is 18.4 Å². The van der Waals surface area contributed by atoms with Gasteiger partial charge in [-0.1, -0.05) is 12.1 Å². The van der Waals surface area contributed by atoms with E-state index in [1.807, 2.05) is 43.6 Å². The number of ether oxygens (including phenoxy) is 2. The molecule has 4 nitrogen and oxygen atoms in total. The Labute approximate surface area is 149 Å². The fourth-order valence-corrected chi connectivity index (χ4v) is 2.28. The summed E-state index contributed by atoms with van der Waals surface area (Å²) in [5.74, 6) is 1.66. The molecule has 23 heavy (non-hydrogen) atoms. The van der Waals surface area contributed by atoms with E-state index < -0.39 is 0 Å². The molecule has 3 rings (SSSR count). The maximum absolute atomic E-state index is 5.88. The Morgan fingerprint density at radius 1 is 1.04 bits per heavy atom. The maximum Gasteiger partial charge on any atom is 0.138 e. The molecule has 1 N–H and O–H groups in total. The van der Waals surface area contributed by atoms with Crippen molar-refractivity contribution >= 4 is 24.8 Å². The third-order valence-electron chi connectivity index (χ3n) is 4.04. The zero-order valence-corrected chi connectivity index (χ0v) is 14.9. The van der Waals surface area contributed by atoms with Gasteiger partial charge in [0.25, 0.3) is 0 Å². The van der Waals surface area contributed by atoms with Crippen molar-refractivity contribution in [2.75, 3.05) is 20.8 Å². The second-order valence-corrected chi connectivity index (χ2v) is 5.46. The Morgan fingerprint density at radius 2 is 1.74 bits per heavy atom. The molecular weight excluding hydrogens is 335 g/mol. The number of methoxy groups -OCH3 is 1. The average Bonchev–Trinajstić information content (AvgIpc) is 3.34. The highest BCUT2D eigenvalue weighted by Gasteiger charge is 2.41. The minimum atomic E-state index is 0. The molecule has 1 aliphatic rings. The van der Waals surface area contributed by atoms with E-state index in [0.717, 1.165) is 22.6 Å². The Morgan fingerprint density at radius 3 is 2.30 bits per heavy atom. The number of nitrogens with zero attached hydrogens (tertiary/aromatic N) is 1. The fourth-order valence-electron chi connectivity index (χ4n) is 2.28. The van der Waals surface area contributed by atoms with Crippen LogP contribution in [0.4, 0.5) is 0 Å². The van der Waals surface area contributed by atoms with Gasteiger partial charge in [0.2, 0.25) is 0 Å². The van der Waals surface area contributed by atoms with Gasteiger partial charge in [-0.15, -0.1) is 24.8 Å². The van der Waals surface area contributed by atoms with E-state index in [-0.39, 0.29) is 30.4 Å². The molecule has 0 atom stereocenters. The van der Waals surface area contributed by atoms with Crippen LogP contribution in [0, 0.1) is 0 Å². The van der Waals surface area contributed by atoms with Crippen LogP contribution in [0.25, 0.3) is 11.1 Å². The molecule has 0 radical (unpaired) electrons. The molecule has 1 heterocycles. The standard InChI is InChI=1S/C17H20N2O2.2ClH/c1-18-17(7-8-17)12-21-16-9-14(10-19-11-16)13-3-5-15(20-2)6-4-13;;/h3-6,9-11,18H,7-8,12H2,1-2H3;2*1H. The molecule has 126 valence electrons. The number of halogens is 2. The van der Waals surface area contributed by atoms with Gasteiger partial charge in [-0.25, -0.2) is 0 Å². The van der Waals surface area contributed by atoms with Crippen LogP contribution in [0.15, 0.2) is 42.7 Å². The lowest BCUT2D eigenvalue weighted by atomic mass is 10.1. The molecule has 6 heteroatoms. The van der Waals surface area contributed by atoms with E-state index in [1.165, 1.54) is 12.8 Å². The van der Waals surface area contributed by atoms with Crippen molar-refractivity contribution < 1.29 is 9.47 Å². The van der Waals surface area contributed by atoms with Gasteiger partial charge in [-0.3, -0.25) is 4.98 Å². The summed E-state index contributed by atoms with van der Waals surface area (Å²) in [6.45, 7) is 0.692. The third-order valence-corrected chi connectivity index (χ3v) is 4.04. The van der Waals surface area contributed by atoms with E-state index in [9.17, 15) is 0 Å². The minimum Gasteiger partial charge on any atom is -0.497 e. The van der Waals surface area contributed by atoms with Crippen LogP contribution in [0.2, 0.25) is 0 Å². The lowest BCUT2D eigenvalue weighted by Crippen LogP contribution is -2.33. The van der Waals surface area contributed by atoms with Crippen LogP contribution in [-0.2, 0) is 0 Å². The highest BCUT2D eigenvalue weighted by Crippen LogP contribution is 2.35. The van der Waals surface area contributed by atoms with Gasteiger partial charge < -0.3 is 14.8 Å². The molecule has 0 spiro atoms. The van der Waals surface area contributed by atoms with Crippen molar-refractivity contribution in [3.63, 3.8) is 0 Å². The zero-order valence-electron chi connectivity index (χ0n) is 13.2. The molecule has 2 aromatic rings. The summed E-state index contributed by atoms with van der Waals surface area (Å²) < 4.78 is 11.1. The molecule has 0 aliphatic heterocycles. The molecule has 0 saturated heterocycles. The van der Waals surface area contributed by atoms with Crippen molar-refractivity contribution in [3.8, 4) is 22.6 Å². The summed E-state index contributed by atoms with van der Waals surface area (Å²) in [5.41, 5.74) is 2.32. The maximum atomic E-state index is 5.88. The third kappa shape index (κ3) is 4.74. The molecule has 1 aliphatic carbocycles. The largest absolute Gasteiger partial charge is 0.497 e. The van der Waals surface area contributed by atoms with Crippen LogP contribution in [0.5, 0.6) is 11.5 Å². The highest BCUT2D eigenvalue weighted by molar-refractivity contribution is 5.85. The molecule has 1 saturated carbocycles. The lowest BCUT2D eigenvalue weighted by molar-refractivity contribution is 0.259. The first-order valence-electron chi connectivity index (χ1n) is 7.16. The number of pyridine rings is 1. The SMILES string of the molecule is CNC1(COc2cncc(-c3ccc(OC)cc3)c2)CC1.Cl.Cl. The second-order valence-electron chi connectivity index (χ2n) is 5.46. The summed E-state index contributed by atoms with van der Waals surface area (Å²) >= 11 is 0. The van der Waals surface area contributed by atoms with Crippen molar-refractivity contribution in [1.29, 1.82) is 0 Å². The molecule has 0 unspecified atom stereocenters. The van der Waals surface area contributed by atoms with Gasteiger partial charge in [0.1, 0.15) is 18.1 Å². The number of benzene rings is 1. The van der Waals surface area contributed by atoms with Crippen LogP contribution < -0.4 is 14.8 Å². The molecule has 1 aromatic heterocycles. The highest BCUT2D eigenvalue weighted by atomic mass is 35.5. The van der Waals surface area contributed by atoms with Crippen LogP contribution in [-0.4, -0.2) is 31.3 Å². The van der Waals surface area contributed by atoms with Gasteiger partial charge in [0, 0.05) is 11.8 Å². The first-order valence-corrected chi connectivity index (χ1v) is 7.16. The summed E-state index contributed by atoms with van der Waals surface area (Å²) in [6.07, 6.45) is 5.96. The second kappa shape index (κ2) is 8.39. The number of aromatic nitrogens is 1. The van der Waals surface area contributed by atoms with Crippen LogP contribution >= 0.6 is 24.8 Å². The monoisotopic (exact) mass is 356 g/mol. The Hall–Kier alpha value is -1.49. The fraction of sp³-hybridized carbons (Fsp3) is 0.353. The Balaban J connectivity index is 0.00000132. The van der Waals surface area contributed by atoms with Crippen molar-refractivity contribution in [2.24, 2.45) is 0 Å². The summed E-state index contributed by atoms with van der Waals surface area (Å²) in [5, 5.41) is 3.32. The van der Waals surface area contributed by atoms with E-state index in [2.05, 4.69) is 10.3 Å². The molecular formula is C17H22Cl2N2O2. The van der Waals surface area contributed by atoms with Gasteiger partial charge in [0.05, 0.1) is 18.8 Å². The van der Waals surface area contributed by atoms with Crippen LogP contribution in [0.1, 0.15) is 12.8 Å². The van der Waals surface area contributed by atoms with E-state index in [1.54, 1.807) is 13.3 Å². The van der Waals surface area contributed by atoms with Gasteiger partial charge in [-0.05, 0) is 43.7 Å². The molecule has 1 aromatic carbocycles.